The van der Waals surface area contributed by atoms with Gasteiger partial charge in [-0.25, -0.2) is 0 Å². The summed E-state index contributed by atoms with van der Waals surface area (Å²) in [6, 6.07) is 15.9. The molecule has 0 aliphatic heterocycles. The Kier molecular flexibility index (Phi) is 4.29. The zero-order valence-corrected chi connectivity index (χ0v) is 10.8. The fourth-order valence-corrected chi connectivity index (χ4v) is 1.82. The lowest BCUT2D eigenvalue weighted by Crippen LogP contribution is -1.98. The molecule has 3 heteroatoms. The molecule has 0 saturated carbocycles. The molecule has 0 bridgehead atoms. The first-order chi connectivity index (χ1) is 8.28. The van der Waals surface area contributed by atoms with E-state index in [1.165, 1.54) is 5.56 Å². The van der Waals surface area contributed by atoms with Crippen LogP contribution in [-0.2, 0) is 12.4 Å². The van der Waals surface area contributed by atoms with Crippen LogP contribution in [0.2, 0.25) is 5.02 Å². The molecule has 88 valence electrons. The predicted octanol–water partition coefficient (Wildman–Crippen LogP) is 4.69. The summed E-state index contributed by atoms with van der Waals surface area (Å²) in [7, 11) is 0. The summed E-state index contributed by atoms with van der Waals surface area (Å²) in [4.78, 5) is 0. The molecule has 2 aromatic carbocycles. The first-order valence-corrected chi connectivity index (χ1v) is 6.32. The number of anilines is 1. The Balaban J connectivity index is 1.95. The smallest absolute Gasteiger partial charge is 0.0474 e. The molecule has 1 N–H and O–H groups in total. The van der Waals surface area contributed by atoms with Gasteiger partial charge in [-0.2, -0.15) is 0 Å². The molecule has 0 heterocycles. The Morgan fingerprint density at radius 3 is 2.00 bits per heavy atom. The highest BCUT2D eigenvalue weighted by molar-refractivity contribution is 6.30. The van der Waals surface area contributed by atoms with Gasteiger partial charge in [0.25, 0.3) is 0 Å². The monoisotopic (exact) mass is 265 g/mol. The summed E-state index contributed by atoms with van der Waals surface area (Å²) < 4.78 is 0. The largest absolute Gasteiger partial charge is 0.381 e. The number of rotatable bonds is 4. The molecule has 17 heavy (non-hydrogen) atoms. The van der Waals surface area contributed by atoms with E-state index < -0.39 is 0 Å². The van der Waals surface area contributed by atoms with Gasteiger partial charge in [-0.1, -0.05) is 35.9 Å². The van der Waals surface area contributed by atoms with Crippen molar-refractivity contribution in [2.24, 2.45) is 0 Å². The van der Waals surface area contributed by atoms with Crippen LogP contribution in [-0.4, -0.2) is 0 Å². The van der Waals surface area contributed by atoms with E-state index >= 15 is 0 Å². The number of nitrogens with one attached hydrogen (secondary N) is 1. The van der Waals surface area contributed by atoms with Crippen molar-refractivity contribution in [3.8, 4) is 0 Å². The van der Waals surface area contributed by atoms with Crippen LogP contribution >= 0.6 is 23.2 Å². The third kappa shape index (κ3) is 3.65. The molecule has 0 saturated heterocycles. The van der Waals surface area contributed by atoms with Gasteiger partial charge in [0.15, 0.2) is 0 Å². The maximum Gasteiger partial charge on any atom is 0.0474 e. The van der Waals surface area contributed by atoms with Gasteiger partial charge < -0.3 is 5.32 Å². The van der Waals surface area contributed by atoms with Crippen molar-refractivity contribution in [2.45, 2.75) is 12.4 Å². The summed E-state index contributed by atoms with van der Waals surface area (Å²) >= 11 is 11.6. The number of hydrogen-bond donors (Lipinski definition) is 1. The standard InChI is InChI=1S/C14H13Cl2N/c15-9-11-3-7-14(8-4-11)17-10-12-1-5-13(16)6-2-12/h1-8,17H,9-10H2. The Hall–Kier alpha value is -1.18. The summed E-state index contributed by atoms with van der Waals surface area (Å²) in [5, 5.41) is 4.11. The summed E-state index contributed by atoms with van der Waals surface area (Å²) in [6.07, 6.45) is 0. The molecule has 0 spiro atoms. The van der Waals surface area contributed by atoms with Crippen LogP contribution in [0.4, 0.5) is 5.69 Å². The van der Waals surface area contributed by atoms with Gasteiger partial charge in [0.1, 0.15) is 0 Å². The van der Waals surface area contributed by atoms with Crippen molar-refractivity contribution >= 4 is 28.9 Å². The second kappa shape index (κ2) is 5.95. The van der Waals surface area contributed by atoms with Crippen LogP contribution < -0.4 is 5.32 Å². The van der Waals surface area contributed by atoms with E-state index in [0.29, 0.717) is 5.88 Å². The third-order valence-electron chi connectivity index (χ3n) is 2.52. The van der Waals surface area contributed by atoms with Crippen LogP contribution in [0, 0.1) is 0 Å². The highest BCUT2D eigenvalue weighted by atomic mass is 35.5. The van der Waals surface area contributed by atoms with Gasteiger partial charge in [0, 0.05) is 23.1 Å². The van der Waals surface area contributed by atoms with E-state index in [1.807, 2.05) is 48.5 Å². The Morgan fingerprint density at radius 2 is 1.41 bits per heavy atom. The molecule has 2 rings (SSSR count). The van der Waals surface area contributed by atoms with Gasteiger partial charge >= 0.3 is 0 Å². The highest BCUT2D eigenvalue weighted by Gasteiger charge is 1.95. The third-order valence-corrected chi connectivity index (χ3v) is 3.08. The van der Waals surface area contributed by atoms with Crippen molar-refractivity contribution < 1.29 is 0 Å². The Labute approximate surface area is 111 Å². The van der Waals surface area contributed by atoms with Crippen LogP contribution in [0.3, 0.4) is 0 Å². The molecule has 0 amide bonds. The van der Waals surface area contributed by atoms with E-state index in [-0.39, 0.29) is 0 Å². The summed E-state index contributed by atoms with van der Waals surface area (Å²) in [5.74, 6) is 0.553. The van der Waals surface area contributed by atoms with E-state index in [1.54, 1.807) is 0 Å². The maximum atomic E-state index is 5.83. The van der Waals surface area contributed by atoms with E-state index in [2.05, 4.69) is 5.32 Å². The van der Waals surface area contributed by atoms with E-state index in [9.17, 15) is 0 Å². The predicted molar refractivity (Wildman–Crippen MR) is 74.8 cm³/mol. The van der Waals surface area contributed by atoms with Gasteiger partial charge in [-0.3, -0.25) is 0 Å². The first-order valence-electron chi connectivity index (χ1n) is 5.41. The number of benzene rings is 2. The fraction of sp³-hybridized carbons (Fsp3) is 0.143. The first kappa shape index (κ1) is 12.3. The average molecular weight is 266 g/mol. The van der Waals surface area contributed by atoms with Crippen LogP contribution in [0.1, 0.15) is 11.1 Å². The molecule has 0 unspecified atom stereocenters. The van der Waals surface area contributed by atoms with E-state index in [0.717, 1.165) is 22.8 Å². The topological polar surface area (TPSA) is 12.0 Å². The lowest BCUT2D eigenvalue weighted by atomic mass is 10.2. The fourth-order valence-electron chi connectivity index (χ4n) is 1.52. The average Bonchev–Trinajstić information content (AvgIpc) is 2.39. The SMILES string of the molecule is ClCc1ccc(NCc2ccc(Cl)cc2)cc1. The van der Waals surface area contributed by atoms with Gasteiger partial charge in [-0.15, -0.1) is 11.6 Å². The number of halogens is 2. The lowest BCUT2D eigenvalue weighted by Gasteiger charge is -2.07. The Bertz CT molecular complexity index is 463. The molecule has 2 aromatic rings. The zero-order valence-electron chi connectivity index (χ0n) is 9.29. The minimum Gasteiger partial charge on any atom is -0.381 e. The van der Waals surface area contributed by atoms with Gasteiger partial charge in [-0.05, 0) is 35.4 Å². The van der Waals surface area contributed by atoms with Crippen molar-refractivity contribution in [1.82, 2.24) is 0 Å². The minimum atomic E-state index is 0.553. The summed E-state index contributed by atoms with van der Waals surface area (Å²) in [5.41, 5.74) is 3.42. The van der Waals surface area contributed by atoms with E-state index in [4.69, 9.17) is 23.2 Å². The number of hydrogen-bond acceptors (Lipinski definition) is 1. The molecule has 0 aliphatic carbocycles. The quantitative estimate of drug-likeness (QED) is 0.791. The lowest BCUT2D eigenvalue weighted by molar-refractivity contribution is 1.15. The zero-order chi connectivity index (χ0) is 12.1. The molecule has 0 fully saturated rings. The molecule has 0 radical (unpaired) electrons. The van der Waals surface area contributed by atoms with Crippen LogP contribution in [0.5, 0.6) is 0 Å². The van der Waals surface area contributed by atoms with Gasteiger partial charge in [0.05, 0.1) is 0 Å². The molecule has 1 nitrogen and oxygen atoms in total. The van der Waals surface area contributed by atoms with Crippen molar-refractivity contribution in [2.75, 3.05) is 5.32 Å². The van der Waals surface area contributed by atoms with Crippen LogP contribution in [0.25, 0.3) is 0 Å². The molecule has 0 aliphatic rings. The minimum absolute atomic E-state index is 0.553. The van der Waals surface area contributed by atoms with Gasteiger partial charge in [0.2, 0.25) is 0 Å². The van der Waals surface area contributed by atoms with Crippen molar-refractivity contribution in [3.05, 3.63) is 64.7 Å². The van der Waals surface area contributed by atoms with Crippen molar-refractivity contribution in [3.63, 3.8) is 0 Å². The molecule has 0 atom stereocenters. The highest BCUT2D eigenvalue weighted by Crippen LogP contribution is 2.14. The summed E-state index contributed by atoms with van der Waals surface area (Å²) in [6.45, 7) is 0.789. The molecule has 0 aromatic heterocycles. The van der Waals surface area contributed by atoms with Crippen LogP contribution in [0.15, 0.2) is 48.5 Å². The molecular weight excluding hydrogens is 253 g/mol. The normalized spacial score (nSPS) is 10.2. The maximum absolute atomic E-state index is 5.83. The second-order valence-corrected chi connectivity index (χ2v) is 4.51. The number of alkyl halides is 1. The molecular formula is C14H13Cl2N. The Morgan fingerprint density at radius 1 is 0.824 bits per heavy atom. The second-order valence-electron chi connectivity index (χ2n) is 3.81. The van der Waals surface area contributed by atoms with Crippen molar-refractivity contribution in [1.29, 1.82) is 0 Å².